The molecular formula is C11H22O2. The molecular weight excluding hydrogens is 164 g/mol. The summed E-state index contributed by atoms with van der Waals surface area (Å²) in [5.41, 5.74) is 0. The van der Waals surface area contributed by atoms with Gasteiger partial charge < -0.3 is 9.47 Å². The molecule has 0 aromatic rings. The molecule has 1 aliphatic heterocycles. The van der Waals surface area contributed by atoms with Crippen LogP contribution in [0.15, 0.2) is 0 Å². The Balaban J connectivity index is 1.86. The maximum absolute atomic E-state index is 5.61. The van der Waals surface area contributed by atoms with Crippen molar-refractivity contribution in [1.29, 1.82) is 0 Å². The van der Waals surface area contributed by atoms with Crippen LogP contribution < -0.4 is 0 Å². The molecule has 78 valence electrons. The predicted octanol–water partition coefficient (Wildman–Crippen LogP) is 3.11. The highest BCUT2D eigenvalue weighted by Gasteiger charge is 2.12. The van der Waals surface area contributed by atoms with E-state index >= 15 is 0 Å². The first-order valence-corrected chi connectivity index (χ1v) is 5.66. The Morgan fingerprint density at radius 3 is 2.85 bits per heavy atom. The van der Waals surface area contributed by atoms with E-state index in [1.54, 1.807) is 0 Å². The molecule has 0 aliphatic carbocycles. The zero-order valence-electron chi connectivity index (χ0n) is 8.76. The van der Waals surface area contributed by atoms with Gasteiger partial charge in [0.1, 0.15) is 0 Å². The smallest absolute Gasteiger partial charge is 0.157 e. The van der Waals surface area contributed by atoms with Gasteiger partial charge in [-0.1, -0.05) is 26.2 Å². The Hall–Kier alpha value is -0.0800. The van der Waals surface area contributed by atoms with Crippen LogP contribution in [-0.4, -0.2) is 19.5 Å². The molecule has 1 heterocycles. The standard InChI is InChI=1S/C11H22O2/c1-2-3-4-6-9-12-11-8-5-7-10-13-11/h11H,2-10H2,1H3/t11-/m1/s1. The molecule has 2 heteroatoms. The van der Waals surface area contributed by atoms with Crippen LogP contribution in [0, 0.1) is 0 Å². The van der Waals surface area contributed by atoms with Crippen LogP contribution >= 0.6 is 0 Å². The molecule has 0 amide bonds. The van der Waals surface area contributed by atoms with Crippen molar-refractivity contribution in [2.45, 2.75) is 58.2 Å². The number of ether oxygens (including phenoxy) is 2. The third kappa shape index (κ3) is 5.27. The van der Waals surface area contributed by atoms with E-state index in [1.807, 2.05) is 0 Å². The van der Waals surface area contributed by atoms with Gasteiger partial charge in [-0.15, -0.1) is 0 Å². The summed E-state index contributed by atoms with van der Waals surface area (Å²) in [4.78, 5) is 0. The summed E-state index contributed by atoms with van der Waals surface area (Å²) >= 11 is 0. The van der Waals surface area contributed by atoms with Gasteiger partial charge >= 0.3 is 0 Å². The van der Waals surface area contributed by atoms with E-state index in [1.165, 1.54) is 38.5 Å². The molecule has 1 rings (SSSR count). The zero-order chi connectivity index (χ0) is 9.36. The summed E-state index contributed by atoms with van der Waals surface area (Å²) in [6.07, 6.45) is 8.77. The minimum Gasteiger partial charge on any atom is -0.353 e. The number of unbranched alkanes of at least 4 members (excludes halogenated alkanes) is 3. The molecule has 0 spiro atoms. The third-order valence-corrected chi connectivity index (χ3v) is 2.44. The maximum Gasteiger partial charge on any atom is 0.157 e. The van der Waals surface area contributed by atoms with Gasteiger partial charge in [0, 0.05) is 13.2 Å². The number of hydrogen-bond donors (Lipinski definition) is 0. The van der Waals surface area contributed by atoms with Crippen LogP contribution in [0.2, 0.25) is 0 Å². The highest BCUT2D eigenvalue weighted by molar-refractivity contribution is 4.53. The molecule has 0 bridgehead atoms. The van der Waals surface area contributed by atoms with Crippen molar-refractivity contribution in [2.75, 3.05) is 13.2 Å². The maximum atomic E-state index is 5.61. The molecule has 0 aromatic heterocycles. The van der Waals surface area contributed by atoms with Gasteiger partial charge in [0.2, 0.25) is 0 Å². The van der Waals surface area contributed by atoms with Gasteiger partial charge in [-0.2, -0.15) is 0 Å². The summed E-state index contributed by atoms with van der Waals surface area (Å²) in [5.74, 6) is 0. The van der Waals surface area contributed by atoms with Crippen LogP contribution in [0.3, 0.4) is 0 Å². The Labute approximate surface area is 81.6 Å². The lowest BCUT2D eigenvalue weighted by atomic mass is 10.2. The van der Waals surface area contributed by atoms with Crippen molar-refractivity contribution < 1.29 is 9.47 Å². The van der Waals surface area contributed by atoms with Crippen molar-refractivity contribution >= 4 is 0 Å². The molecule has 1 aliphatic rings. The molecule has 1 atom stereocenters. The fourth-order valence-electron chi connectivity index (χ4n) is 1.59. The molecule has 0 radical (unpaired) electrons. The predicted molar refractivity (Wildman–Crippen MR) is 53.7 cm³/mol. The van der Waals surface area contributed by atoms with E-state index in [9.17, 15) is 0 Å². The van der Waals surface area contributed by atoms with Gasteiger partial charge in [-0.3, -0.25) is 0 Å². The van der Waals surface area contributed by atoms with Crippen LogP contribution in [0.1, 0.15) is 51.9 Å². The summed E-state index contributed by atoms with van der Waals surface area (Å²) in [5, 5.41) is 0. The van der Waals surface area contributed by atoms with Gasteiger partial charge in [-0.25, -0.2) is 0 Å². The highest BCUT2D eigenvalue weighted by atomic mass is 16.7. The van der Waals surface area contributed by atoms with E-state index in [0.29, 0.717) is 0 Å². The van der Waals surface area contributed by atoms with Gasteiger partial charge in [0.15, 0.2) is 6.29 Å². The van der Waals surface area contributed by atoms with E-state index in [-0.39, 0.29) is 6.29 Å². The van der Waals surface area contributed by atoms with Crippen molar-refractivity contribution in [1.82, 2.24) is 0 Å². The average Bonchev–Trinajstić information content (AvgIpc) is 2.19. The van der Waals surface area contributed by atoms with Crippen LogP contribution in [0.4, 0.5) is 0 Å². The van der Waals surface area contributed by atoms with Gasteiger partial charge in [0.25, 0.3) is 0 Å². The fraction of sp³-hybridized carbons (Fsp3) is 1.00. The highest BCUT2D eigenvalue weighted by Crippen LogP contribution is 2.14. The SMILES string of the molecule is CCCCCCO[C@H]1CCCCO1. The van der Waals surface area contributed by atoms with Crippen LogP contribution in [-0.2, 0) is 9.47 Å². The van der Waals surface area contributed by atoms with E-state index in [2.05, 4.69) is 6.92 Å². The molecule has 1 saturated heterocycles. The summed E-state index contributed by atoms with van der Waals surface area (Å²) in [6.45, 7) is 4.00. The summed E-state index contributed by atoms with van der Waals surface area (Å²) in [7, 11) is 0. The minimum absolute atomic E-state index is 0.107. The Kier molecular flexibility index (Phi) is 6.21. The summed E-state index contributed by atoms with van der Waals surface area (Å²) in [6, 6.07) is 0. The molecule has 0 unspecified atom stereocenters. The lowest BCUT2D eigenvalue weighted by molar-refractivity contribution is -0.162. The normalized spacial score (nSPS) is 23.3. The Morgan fingerprint density at radius 2 is 2.15 bits per heavy atom. The number of rotatable bonds is 6. The second kappa shape index (κ2) is 7.34. The first kappa shape index (κ1) is 11.0. The third-order valence-electron chi connectivity index (χ3n) is 2.44. The lowest BCUT2D eigenvalue weighted by Crippen LogP contribution is -2.22. The Bertz CT molecular complexity index is 109. The second-order valence-electron chi connectivity index (χ2n) is 3.73. The van der Waals surface area contributed by atoms with E-state index < -0.39 is 0 Å². The zero-order valence-corrected chi connectivity index (χ0v) is 8.76. The first-order chi connectivity index (χ1) is 6.43. The van der Waals surface area contributed by atoms with Crippen LogP contribution in [0.25, 0.3) is 0 Å². The lowest BCUT2D eigenvalue weighted by Gasteiger charge is -2.22. The van der Waals surface area contributed by atoms with E-state index in [0.717, 1.165) is 19.6 Å². The van der Waals surface area contributed by atoms with Crippen molar-refractivity contribution in [3.8, 4) is 0 Å². The molecule has 2 nitrogen and oxygen atoms in total. The molecule has 0 N–H and O–H groups in total. The largest absolute Gasteiger partial charge is 0.353 e. The van der Waals surface area contributed by atoms with Crippen LogP contribution in [0.5, 0.6) is 0 Å². The topological polar surface area (TPSA) is 18.5 Å². The quantitative estimate of drug-likeness (QED) is 0.593. The minimum atomic E-state index is 0.107. The average molecular weight is 186 g/mol. The summed E-state index contributed by atoms with van der Waals surface area (Å²) < 4.78 is 11.1. The molecule has 0 saturated carbocycles. The monoisotopic (exact) mass is 186 g/mol. The van der Waals surface area contributed by atoms with Gasteiger partial charge in [0.05, 0.1) is 0 Å². The second-order valence-corrected chi connectivity index (χ2v) is 3.73. The molecule has 13 heavy (non-hydrogen) atoms. The fourth-order valence-corrected chi connectivity index (χ4v) is 1.59. The Morgan fingerprint density at radius 1 is 1.23 bits per heavy atom. The molecule has 1 fully saturated rings. The first-order valence-electron chi connectivity index (χ1n) is 5.66. The van der Waals surface area contributed by atoms with Crippen molar-refractivity contribution in [2.24, 2.45) is 0 Å². The van der Waals surface area contributed by atoms with Gasteiger partial charge in [-0.05, 0) is 25.7 Å². The molecule has 0 aromatic carbocycles. The van der Waals surface area contributed by atoms with Crippen molar-refractivity contribution in [3.63, 3.8) is 0 Å². The number of hydrogen-bond acceptors (Lipinski definition) is 2. The van der Waals surface area contributed by atoms with Crippen molar-refractivity contribution in [3.05, 3.63) is 0 Å². The van der Waals surface area contributed by atoms with E-state index in [4.69, 9.17) is 9.47 Å².